The molecule has 0 bridgehead atoms. The van der Waals surface area contributed by atoms with Crippen LogP contribution in [-0.4, -0.2) is 44.7 Å². The zero-order valence-electron chi connectivity index (χ0n) is 11.9. The van der Waals surface area contributed by atoms with Crippen LogP contribution in [0.25, 0.3) is 0 Å². The van der Waals surface area contributed by atoms with Gasteiger partial charge in [-0.15, -0.1) is 0 Å². The van der Waals surface area contributed by atoms with Crippen molar-refractivity contribution in [1.29, 1.82) is 0 Å². The topological polar surface area (TPSA) is 46.6 Å². The zero-order chi connectivity index (χ0) is 14.6. The van der Waals surface area contributed by atoms with Gasteiger partial charge in [0.15, 0.2) is 0 Å². The summed E-state index contributed by atoms with van der Waals surface area (Å²) in [6.07, 6.45) is 0. The summed E-state index contributed by atoms with van der Waals surface area (Å²) in [6, 6.07) is 3.71. The van der Waals surface area contributed by atoms with Gasteiger partial charge in [-0.1, -0.05) is 17.6 Å². The molecule has 0 aromatic heterocycles. The third-order valence-electron chi connectivity index (χ3n) is 2.47. The fourth-order valence-electron chi connectivity index (χ4n) is 1.63. The monoisotopic (exact) mass is 279 g/mol. The molecule has 0 atom stereocenters. The summed E-state index contributed by atoms with van der Waals surface area (Å²) < 4.78 is 5.04. The van der Waals surface area contributed by atoms with Gasteiger partial charge < -0.3 is 9.64 Å². The lowest BCUT2D eigenvalue weighted by molar-refractivity contribution is 0.0522. The standard InChI is InChI=1S/C13H18BNO3S/c1-5-18-12(16)10-7-9(14)6-8(2)11(10)19-13(17)15(3)4/h6-7H,5,14H2,1-4H3. The highest BCUT2D eigenvalue weighted by atomic mass is 32.2. The van der Waals surface area contributed by atoms with Gasteiger partial charge in [-0.2, -0.15) is 0 Å². The highest BCUT2D eigenvalue weighted by molar-refractivity contribution is 8.13. The quantitative estimate of drug-likeness (QED) is 0.474. The predicted octanol–water partition coefficient (Wildman–Crippen LogP) is 1.20. The van der Waals surface area contributed by atoms with Crippen LogP contribution in [0.1, 0.15) is 22.8 Å². The number of esters is 1. The fourth-order valence-corrected chi connectivity index (χ4v) is 2.46. The number of aryl methyl sites for hydroxylation is 1. The normalized spacial score (nSPS) is 10.1. The van der Waals surface area contributed by atoms with Crippen LogP contribution in [-0.2, 0) is 4.74 Å². The minimum absolute atomic E-state index is 0.113. The third-order valence-corrected chi connectivity index (χ3v) is 3.75. The largest absolute Gasteiger partial charge is 0.462 e. The fraction of sp³-hybridized carbons (Fsp3) is 0.385. The molecule has 19 heavy (non-hydrogen) atoms. The van der Waals surface area contributed by atoms with Crippen LogP contribution in [0.15, 0.2) is 17.0 Å². The number of amides is 1. The van der Waals surface area contributed by atoms with Crippen LogP contribution in [0.2, 0.25) is 0 Å². The van der Waals surface area contributed by atoms with Gasteiger partial charge >= 0.3 is 5.97 Å². The molecule has 0 spiro atoms. The molecule has 4 nitrogen and oxygen atoms in total. The Labute approximate surface area is 118 Å². The maximum absolute atomic E-state index is 12.0. The molecular formula is C13H18BNO3S. The second kappa shape index (κ2) is 6.66. The van der Waals surface area contributed by atoms with E-state index in [1.807, 2.05) is 20.8 Å². The number of rotatable bonds is 3. The van der Waals surface area contributed by atoms with Gasteiger partial charge in [0.2, 0.25) is 0 Å². The van der Waals surface area contributed by atoms with Crippen molar-refractivity contribution in [3.8, 4) is 0 Å². The number of hydrogen-bond donors (Lipinski definition) is 0. The molecule has 1 aromatic carbocycles. The molecule has 0 unspecified atom stereocenters. The summed E-state index contributed by atoms with van der Waals surface area (Å²) in [4.78, 5) is 25.9. The Balaban J connectivity index is 3.20. The van der Waals surface area contributed by atoms with E-state index in [0.29, 0.717) is 17.1 Å². The Bertz CT molecular complexity index is 503. The van der Waals surface area contributed by atoms with Crippen molar-refractivity contribution in [2.75, 3.05) is 20.7 Å². The van der Waals surface area contributed by atoms with Crippen molar-refractivity contribution in [2.24, 2.45) is 0 Å². The van der Waals surface area contributed by atoms with Gasteiger partial charge in [0.1, 0.15) is 7.85 Å². The molecule has 1 rings (SSSR count). The van der Waals surface area contributed by atoms with Gasteiger partial charge in [0, 0.05) is 19.0 Å². The van der Waals surface area contributed by atoms with E-state index in [0.717, 1.165) is 22.8 Å². The van der Waals surface area contributed by atoms with E-state index in [2.05, 4.69) is 0 Å². The maximum Gasteiger partial charge on any atom is 0.339 e. The summed E-state index contributed by atoms with van der Waals surface area (Å²) in [5, 5.41) is -0.113. The number of carbonyl (C=O) groups excluding carboxylic acids is 2. The molecule has 1 aromatic rings. The first kappa shape index (κ1) is 15.6. The summed E-state index contributed by atoms with van der Waals surface area (Å²) in [6.45, 7) is 3.97. The minimum Gasteiger partial charge on any atom is -0.462 e. The lowest BCUT2D eigenvalue weighted by atomic mass is 9.92. The zero-order valence-corrected chi connectivity index (χ0v) is 12.8. The number of hydrogen-bond acceptors (Lipinski definition) is 4. The van der Waals surface area contributed by atoms with Gasteiger partial charge in [0.05, 0.1) is 12.2 Å². The van der Waals surface area contributed by atoms with Crippen LogP contribution in [0.3, 0.4) is 0 Å². The minimum atomic E-state index is -0.386. The number of nitrogens with zero attached hydrogens (tertiary/aromatic N) is 1. The SMILES string of the molecule is Bc1cc(C)c(SC(=O)N(C)C)c(C(=O)OCC)c1. The molecule has 0 aliphatic carbocycles. The van der Waals surface area contributed by atoms with Crippen LogP contribution in [0.5, 0.6) is 0 Å². The molecule has 0 aliphatic heterocycles. The van der Waals surface area contributed by atoms with Crippen molar-refractivity contribution in [3.63, 3.8) is 0 Å². The molecule has 0 radical (unpaired) electrons. The summed E-state index contributed by atoms with van der Waals surface area (Å²) >= 11 is 1.05. The smallest absolute Gasteiger partial charge is 0.339 e. The molecule has 0 saturated heterocycles. The van der Waals surface area contributed by atoms with E-state index < -0.39 is 0 Å². The van der Waals surface area contributed by atoms with E-state index in [-0.39, 0.29) is 11.2 Å². The number of benzene rings is 1. The molecule has 0 saturated carbocycles. The molecule has 0 heterocycles. The van der Waals surface area contributed by atoms with E-state index in [1.165, 1.54) is 4.90 Å². The van der Waals surface area contributed by atoms with Crippen LogP contribution >= 0.6 is 11.8 Å². The second-order valence-corrected chi connectivity index (χ2v) is 5.40. The highest BCUT2D eigenvalue weighted by Crippen LogP contribution is 2.28. The molecule has 0 N–H and O–H groups in total. The average Bonchev–Trinajstić information content (AvgIpc) is 2.32. The van der Waals surface area contributed by atoms with Crippen molar-refractivity contribution in [3.05, 3.63) is 23.3 Å². The van der Waals surface area contributed by atoms with Gasteiger partial charge in [-0.05, 0) is 31.2 Å². The summed E-state index contributed by atoms with van der Waals surface area (Å²) in [5.41, 5.74) is 2.34. The maximum atomic E-state index is 12.0. The van der Waals surface area contributed by atoms with Crippen LogP contribution < -0.4 is 5.46 Å². The van der Waals surface area contributed by atoms with Gasteiger partial charge in [-0.3, -0.25) is 4.79 Å². The Kier molecular flexibility index (Phi) is 5.48. The van der Waals surface area contributed by atoms with Gasteiger partial charge in [-0.25, -0.2) is 4.79 Å². The number of ether oxygens (including phenoxy) is 1. The molecule has 102 valence electrons. The van der Waals surface area contributed by atoms with Crippen molar-refractivity contribution in [1.82, 2.24) is 4.90 Å². The number of thioether (sulfide) groups is 1. The molecule has 0 fully saturated rings. The van der Waals surface area contributed by atoms with Crippen LogP contribution in [0.4, 0.5) is 4.79 Å². The number of carbonyl (C=O) groups is 2. The van der Waals surface area contributed by atoms with E-state index in [9.17, 15) is 9.59 Å². The Morgan fingerprint density at radius 2 is 2.00 bits per heavy atom. The second-order valence-electron chi connectivity index (χ2n) is 4.44. The summed E-state index contributed by atoms with van der Waals surface area (Å²) in [7, 11) is 5.28. The average molecular weight is 279 g/mol. The predicted molar refractivity (Wildman–Crippen MR) is 80.3 cm³/mol. The molecule has 6 heteroatoms. The molecule has 1 amide bonds. The summed E-state index contributed by atoms with van der Waals surface area (Å²) in [5.74, 6) is -0.386. The van der Waals surface area contributed by atoms with Crippen molar-refractivity contribution < 1.29 is 14.3 Å². The van der Waals surface area contributed by atoms with E-state index >= 15 is 0 Å². The van der Waals surface area contributed by atoms with Crippen molar-refractivity contribution >= 4 is 36.3 Å². The molecular weight excluding hydrogens is 261 g/mol. The van der Waals surface area contributed by atoms with Gasteiger partial charge in [0.25, 0.3) is 5.24 Å². The highest BCUT2D eigenvalue weighted by Gasteiger charge is 2.19. The third kappa shape index (κ3) is 4.03. The lowest BCUT2D eigenvalue weighted by Gasteiger charge is -2.15. The van der Waals surface area contributed by atoms with E-state index in [4.69, 9.17) is 4.74 Å². The lowest BCUT2D eigenvalue weighted by Crippen LogP contribution is -2.18. The Morgan fingerprint density at radius 3 is 2.53 bits per heavy atom. The first-order valence-corrected chi connectivity index (χ1v) is 6.86. The van der Waals surface area contributed by atoms with E-state index in [1.54, 1.807) is 27.1 Å². The Hall–Kier alpha value is -1.43. The first-order valence-electron chi connectivity index (χ1n) is 6.04. The first-order chi connectivity index (χ1) is 8.86. The Morgan fingerprint density at radius 1 is 1.37 bits per heavy atom. The molecule has 0 aliphatic rings. The van der Waals surface area contributed by atoms with Crippen LogP contribution in [0, 0.1) is 6.92 Å². The van der Waals surface area contributed by atoms with Crippen molar-refractivity contribution in [2.45, 2.75) is 18.7 Å².